The number of aromatic amines is 1. The summed E-state index contributed by atoms with van der Waals surface area (Å²) in [7, 11) is 0. The van der Waals surface area contributed by atoms with Crippen molar-refractivity contribution in [1.82, 2.24) is 4.98 Å². The lowest BCUT2D eigenvalue weighted by molar-refractivity contribution is 1.17. The van der Waals surface area contributed by atoms with Crippen LogP contribution in [0.1, 0.15) is 0 Å². The van der Waals surface area contributed by atoms with E-state index in [1.54, 1.807) is 0 Å². The topological polar surface area (TPSA) is 19.0 Å². The molecule has 0 fully saturated rings. The minimum atomic E-state index is 1.14. The number of aromatic nitrogens is 1. The molecular formula is C30H20N2S. The highest BCUT2D eigenvalue weighted by Gasteiger charge is 2.28. The third-order valence-electron chi connectivity index (χ3n) is 6.37. The molecule has 2 heterocycles. The number of anilines is 3. The van der Waals surface area contributed by atoms with Crippen molar-refractivity contribution < 1.29 is 0 Å². The van der Waals surface area contributed by atoms with Gasteiger partial charge in [-0.2, -0.15) is 0 Å². The lowest BCUT2D eigenvalue weighted by atomic mass is 10.0. The predicted octanol–water partition coefficient (Wildman–Crippen LogP) is 8.92. The van der Waals surface area contributed by atoms with E-state index in [2.05, 4.69) is 125 Å². The molecule has 1 aliphatic heterocycles. The summed E-state index contributed by atoms with van der Waals surface area (Å²) in [6, 6.07) is 41.3. The average Bonchev–Trinajstić information content (AvgIpc) is 3.26. The van der Waals surface area contributed by atoms with E-state index in [1.165, 1.54) is 48.6 Å². The van der Waals surface area contributed by atoms with Crippen molar-refractivity contribution in [1.29, 1.82) is 0 Å². The van der Waals surface area contributed by atoms with E-state index < -0.39 is 0 Å². The van der Waals surface area contributed by atoms with Crippen LogP contribution in [0.4, 0.5) is 17.1 Å². The Kier molecular flexibility index (Phi) is 4.11. The standard InChI is InChI=1S/C30H20N2S/c1-2-10-21-19-22(18-17-20(21)9-1)29-30(23-11-3-4-12-24(23)31-29)32-25-13-5-7-15-27(25)33-28-16-8-6-14-26(28)32/h1-19,31H. The van der Waals surface area contributed by atoms with Crippen LogP contribution in [0.25, 0.3) is 32.9 Å². The van der Waals surface area contributed by atoms with E-state index in [-0.39, 0.29) is 0 Å². The fraction of sp³-hybridized carbons (Fsp3) is 0. The number of H-pyrrole nitrogens is 1. The van der Waals surface area contributed by atoms with Gasteiger partial charge in [-0.05, 0) is 47.2 Å². The van der Waals surface area contributed by atoms with Crippen LogP contribution >= 0.6 is 11.8 Å². The minimum absolute atomic E-state index is 1.14. The number of nitrogens with zero attached hydrogens (tertiary/aromatic N) is 1. The fourth-order valence-corrected chi connectivity index (χ4v) is 5.92. The third kappa shape index (κ3) is 2.90. The van der Waals surface area contributed by atoms with Gasteiger partial charge < -0.3 is 9.88 Å². The Morgan fingerprint density at radius 3 is 2.00 bits per heavy atom. The Hall–Kier alpha value is -3.95. The second-order valence-electron chi connectivity index (χ2n) is 8.33. The first-order valence-electron chi connectivity index (χ1n) is 11.1. The lowest BCUT2D eigenvalue weighted by Gasteiger charge is -2.33. The number of rotatable bonds is 2. The Balaban J connectivity index is 1.56. The number of para-hydroxylation sites is 3. The largest absolute Gasteiger partial charge is 0.353 e. The Bertz CT molecular complexity index is 1620. The van der Waals surface area contributed by atoms with Crippen molar-refractivity contribution in [2.75, 3.05) is 4.90 Å². The van der Waals surface area contributed by atoms with Gasteiger partial charge in [0.05, 0.1) is 22.8 Å². The zero-order valence-corrected chi connectivity index (χ0v) is 18.6. The van der Waals surface area contributed by atoms with Crippen molar-refractivity contribution in [2.45, 2.75) is 9.79 Å². The van der Waals surface area contributed by atoms with Crippen LogP contribution in [0, 0.1) is 0 Å². The molecule has 156 valence electrons. The van der Waals surface area contributed by atoms with Gasteiger partial charge in [-0.15, -0.1) is 0 Å². The predicted molar refractivity (Wildman–Crippen MR) is 140 cm³/mol. The van der Waals surface area contributed by atoms with Crippen LogP contribution in [0.2, 0.25) is 0 Å². The Labute approximate surface area is 196 Å². The second kappa shape index (κ2) is 7.29. The first kappa shape index (κ1) is 18.6. The van der Waals surface area contributed by atoms with Gasteiger partial charge in [-0.25, -0.2) is 0 Å². The molecule has 0 unspecified atom stereocenters. The zero-order valence-electron chi connectivity index (χ0n) is 17.8. The molecule has 5 aromatic carbocycles. The van der Waals surface area contributed by atoms with E-state index >= 15 is 0 Å². The molecule has 0 bridgehead atoms. The van der Waals surface area contributed by atoms with E-state index in [4.69, 9.17) is 0 Å². The van der Waals surface area contributed by atoms with Crippen LogP contribution in [0.5, 0.6) is 0 Å². The molecular weight excluding hydrogens is 420 g/mol. The number of benzene rings is 5. The van der Waals surface area contributed by atoms with Crippen LogP contribution in [-0.2, 0) is 0 Å². The maximum atomic E-state index is 3.76. The fourth-order valence-electron chi connectivity index (χ4n) is 4.86. The number of hydrogen-bond donors (Lipinski definition) is 1. The quantitative estimate of drug-likeness (QED) is 0.289. The molecule has 7 rings (SSSR count). The van der Waals surface area contributed by atoms with Crippen molar-refractivity contribution in [2.24, 2.45) is 0 Å². The highest BCUT2D eigenvalue weighted by atomic mass is 32.2. The summed E-state index contributed by atoms with van der Waals surface area (Å²) < 4.78 is 0. The summed E-state index contributed by atoms with van der Waals surface area (Å²) in [5, 5.41) is 3.72. The van der Waals surface area contributed by atoms with Gasteiger partial charge >= 0.3 is 0 Å². The SMILES string of the molecule is c1ccc2c(c1)Sc1ccccc1N2c1c(-c2ccc3ccccc3c2)[nH]c2ccccc12. The molecule has 2 nitrogen and oxygen atoms in total. The molecule has 1 aliphatic rings. The van der Waals surface area contributed by atoms with Gasteiger partial charge in [0.2, 0.25) is 0 Å². The third-order valence-corrected chi connectivity index (χ3v) is 7.50. The highest BCUT2D eigenvalue weighted by Crippen LogP contribution is 2.54. The molecule has 0 spiro atoms. The highest BCUT2D eigenvalue weighted by molar-refractivity contribution is 7.99. The number of fused-ring (bicyclic) bond motifs is 4. The van der Waals surface area contributed by atoms with Gasteiger partial charge in [-0.3, -0.25) is 0 Å². The molecule has 0 saturated carbocycles. The molecule has 1 N–H and O–H groups in total. The molecule has 33 heavy (non-hydrogen) atoms. The summed E-state index contributed by atoms with van der Waals surface area (Å²) in [4.78, 5) is 8.73. The number of hydrogen-bond acceptors (Lipinski definition) is 2. The van der Waals surface area contributed by atoms with E-state index in [1.807, 2.05) is 11.8 Å². The maximum Gasteiger partial charge on any atom is 0.0797 e. The smallest absolute Gasteiger partial charge is 0.0797 e. The molecule has 0 radical (unpaired) electrons. The minimum Gasteiger partial charge on any atom is -0.353 e. The Morgan fingerprint density at radius 2 is 1.21 bits per heavy atom. The van der Waals surface area contributed by atoms with Crippen molar-refractivity contribution >= 4 is 50.5 Å². The normalized spacial score (nSPS) is 12.7. The molecule has 0 atom stereocenters. The van der Waals surface area contributed by atoms with E-state index in [0.717, 1.165) is 11.2 Å². The monoisotopic (exact) mass is 440 g/mol. The maximum absolute atomic E-state index is 3.76. The van der Waals surface area contributed by atoms with Crippen molar-refractivity contribution in [3.05, 3.63) is 115 Å². The van der Waals surface area contributed by atoms with E-state index in [0.29, 0.717) is 0 Å². The van der Waals surface area contributed by atoms with Crippen LogP contribution in [0.15, 0.2) is 125 Å². The van der Waals surface area contributed by atoms with Crippen LogP contribution in [0.3, 0.4) is 0 Å². The first-order valence-corrected chi connectivity index (χ1v) is 11.9. The second-order valence-corrected chi connectivity index (χ2v) is 9.41. The van der Waals surface area contributed by atoms with Gasteiger partial charge in [0.25, 0.3) is 0 Å². The molecule has 0 aliphatic carbocycles. The van der Waals surface area contributed by atoms with Gasteiger partial charge in [0.15, 0.2) is 0 Å². The summed E-state index contributed by atoms with van der Waals surface area (Å²) in [6.45, 7) is 0. The summed E-state index contributed by atoms with van der Waals surface area (Å²) in [5.74, 6) is 0. The average molecular weight is 441 g/mol. The van der Waals surface area contributed by atoms with Crippen molar-refractivity contribution in [3.63, 3.8) is 0 Å². The molecule has 0 saturated heterocycles. The van der Waals surface area contributed by atoms with Crippen LogP contribution < -0.4 is 4.90 Å². The summed E-state index contributed by atoms with van der Waals surface area (Å²) >= 11 is 1.84. The zero-order chi connectivity index (χ0) is 21.8. The lowest BCUT2D eigenvalue weighted by Crippen LogP contribution is -2.15. The summed E-state index contributed by atoms with van der Waals surface area (Å²) in [6.07, 6.45) is 0. The van der Waals surface area contributed by atoms with E-state index in [9.17, 15) is 0 Å². The molecule has 6 aromatic rings. The van der Waals surface area contributed by atoms with Crippen molar-refractivity contribution in [3.8, 4) is 11.3 Å². The molecule has 1 aromatic heterocycles. The summed E-state index contributed by atoms with van der Waals surface area (Å²) in [5.41, 5.74) is 7.09. The van der Waals surface area contributed by atoms with Gasteiger partial charge in [-0.1, -0.05) is 90.6 Å². The number of nitrogens with one attached hydrogen (secondary N) is 1. The van der Waals surface area contributed by atoms with Gasteiger partial charge in [0.1, 0.15) is 0 Å². The Morgan fingerprint density at radius 1 is 0.576 bits per heavy atom. The first-order chi connectivity index (χ1) is 16.4. The molecule has 0 amide bonds. The molecule has 3 heteroatoms. The van der Waals surface area contributed by atoms with Gasteiger partial charge in [0, 0.05) is 26.3 Å². The van der Waals surface area contributed by atoms with Crippen LogP contribution in [-0.4, -0.2) is 4.98 Å².